The topological polar surface area (TPSA) is 34.2 Å². The van der Waals surface area contributed by atoms with Crippen molar-refractivity contribution in [1.82, 2.24) is 4.98 Å². The van der Waals surface area contributed by atoms with Crippen molar-refractivity contribution in [3.63, 3.8) is 0 Å². The van der Waals surface area contributed by atoms with E-state index in [9.17, 15) is 0 Å². The summed E-state index contributed by atoms with van der Waals surface area (Å²) in [4.78, 5) is 3.39. The second-order valence-electron chi connectivity index (χ2n) is 4.99. The van der Waals surface area contributed by atoms with Crippen LogP contribution in [0.25, 0.3) is 21.8 Å². The SMILES string of the molecule is [B](Oc1ccccc1)Oc1cccc2c1[nH]c1ccccc12. The molecule has 3 nitrogen and oxygen atoms in total. The highest BCUT2D eigenvalue weighted by molar-refractivity contribution is 6.21. The van der Waals surface area contributed by atoms with Gasteiger partial charge in [0.2, 0.25) is 0 Å². The lowest BCUT2D eigenvalue weighted by Crippen LogP contribution is -2.10. The predicted molar refractivity (Wildman–Crippen MR) is 89.3 cm³/mol. The number of hydrogen-bond acceptors (Lipinski definition) is 2. The van der Waals surface area contributed by atoms with Crippen LogP contribution in [0.4, 0.5) is 0 Å². The maximum atomic E-state index is 5.67. The summed E-state index contributed by atoms with van der Waals surface area (Å²) in [7, 11) is 1.36. The fourth-order valence-corrected chi connectivity index (χ4v) is 2.57. The zero-order valence-electron chi connectivity index (χ0n) is 11.8. The van der Waals surface area contributed by atoms with E-state index in [0.29, 0.717) is 0 Å². The van der Waals surface area contributed by atoms with Gasteiger partial charge in [0.25, 0.3) is 0 Å². The van der Waals surface area contributed by atoms with Crippen LogP contribution in [0, 0.1) is 0 Å². The van der Waals surface area contributed by atoms with Gasteiger partial charge in [-0.3, -0.25) is 0 Å². The summed E-state index contributed by atoms with van der Waals surface area (Å²) in [6, 6.07) is 23.7. The number of nitrogens with one attached hydrogen (secondary N) is 1. The molecule has 1 N–H and O–H groups in total. The fourth-order valence-electron chi connectivity index (χ4n) is 2.57. The third kappa shape index (κ3) is 2.29. The van der Waals surface area contributed by atoms with Crippen LogP contribution in [-0.4, -0.2) is 12.7 Å². The van der Waals surface area contributed by atoms with Gasteiger partial charge in [0.15, 0.2) is 0 Å². The van der Waals surface area contributed by atoms with Crippen molar-refractivity contribution in [3.05, 3.63) is 72.8 Å². The average molecular weight is 286 g/mol. The zero-order valence-corrected chi connectivity index (χ0v) is 11.8. The second-order valence-corrected chi connectivity index (χ2v) is 4.99. The molecular weight excluding hydrogens is 273 g/mol. The fraction of sp³-hybridized carbons (Fsp3) is 0. The molecule has 0 saturated carbocycles. The van der Waals surface area contributed by atoms with Gasteiger partial charge in [-0.05, 0) is 24.3 Å². The normalized spacial score (nSPS) is 10.7. The van der Waals surface area contributed by atoms with Crippen molar-refractivity contribution in [2.45, 2.75) is 0 Å². The smallest absolute Gasteiger partial charge is 0.526 e. The minimum Gasteiger partial charge on any atom is -0.526 e. The summed E-state index contributed by atoms with van der Waals surface area (Å²) >= 11 is 0. The number of para-hydroxylation sites is 3. The Morgan fingerprint density at radius 1 is 0.682 bits per heavy atom. The Labute approximate surface area is 128 Å². The number of aromatic nitrogens is 1. The highest BCUT2D eigenvalue weighted by Crippen LogP contribution is 2.31. The Kier molecular flexibility index (Phi) is 3.20. The lowest BCUT2D eigenvalue weighted by atomic mass is 10.1. The maximum Gasteiger partial charge on any atom is 0.658 e. The summed E-state index contributed by atoms with van der Waals surface area (Å²) in [5.41, 5.74) is 2.06. The molecule has 3 aromatic carbocycles. The molecule has 1 heterocycles. The monoisotopic (exact) mass is 286 g/mol. The number of H-pyrrole nitrogens is 1. The second kappa shape index (κ2) is 5.49. The molecule has 0 amide bonds. The number of fused-ring (bicyclic) bond motifs is 3. The molecule has 0 aliphatic carbocycles. The van der Waals surface area contributed by atoms with E-state index >= 15 is 0 Å². The Hall–Kier alpha value is -2.88. The third-order valence-corrected chi connectivity index (χ3v) is 3.61. The number of hydrogen-bond donors (Lipinski definition) is 1. The molecule has 4 aromatic rings. The number of rotatable bonds is 4. The van der Waals surface area contributed by atoms with E-state index in [2.05, 4.69) is 23.2 Å². The molecule has 105 valence electrons. The van der Waals surface area contributed by atoms with E-state index in [1.54, 1.807) is 0 Å². The molecule has 0 atom stereocenters. The van der Waals surface area contributed by atoms with Crippen LogP contribution >= 0.6 is 0 Å². The summed E-state index contributed by atoms with van der Waals surface area (Å²) < 4.78 is 11.1. The summed E-state index contributed by atoms with van der Waals surface area (Å²) in [6.07, 6.45) is 0. The van der Waals surface area contributed by atoms with Gasteiger partial charge in [-0.1, -0.05) is 48.5 Å². The first-order valence-electron chi connectivity index (χ1n) is 7.11. The zero-order chi connectivity index (χ0) is 14.8. The van der Waals surface area contributed by atoms with Crippen molar-refractivity contribution in [3.8, 4) is 11.5 Å². The third-order valence-electron chi connectivity index (χ3n) is 3.61. The van der Waals surface area contributed by atoms with Gasteiger partial charge >= 0.3 is 7.69 Å². The highest BCUT2D eigenvalue weighted by Gasteiger charge is 2.09. The van der Waals surface area contributed by atoms with Crippen LogP contribution in [0.3, 0.4) is 0 Å². The van der Waals surface area contributed by atoms with E-state index in [1.807, 2.05) is 54.6 Å². The van der Waals surface area contributed by atoms with Gasteiger partial charge in [-0.15, -0.1) is 0 Å². The lowest BCUT2D eigenvalue weighted by Gasteiger charge is -2.07. The van der Waals surface area contributed by atoms with Gasteiger partial charge < -0.3 is 14.3 Å². The quantitative estimate of drug-likeness (QED) is 0.567. The molecule has 1 aromatic heterocycles. The molecule has 22 heavy (non-hydrogen) atoms. The van der Waals surface area contributed by atoms with Crippen molar-refractivity contribution >= 4 is 29.5 Å². The van der Waals surface area contributed by atoms with E-state index in [4.69, 9.17) is 9.31 Å². The van der Waals surface area contributed by atoms with E-state index in [1.165, 1.54) is 13.1 Å². The van der Waals surface area contributed by atoms with Crippen molar-refractivity contribution in [2.75, 3.05) is 0 Å². The molecule has 0 aliphatic rings. The summed E-state index contributed by atoms with van der Waals surface area (Å²) in [5, 5.41) is 2.33. The Morgan fingerprint density at radius 2 is 1.45 bits per heavy atom. The Morgan fingerprint density at radius 3 is 2.36 bits per heavy atom. The molecule has 0 saturated heterocycles. The maximum absolute atomic E-state index is 5.67. The minimum absolute atomic E-state index is 0.740. The van der Waals surface area contributed by atoms with Gasteiger partial charge in [-0.2, -0.15) is 0 Å². The molecule has 4 rings (SSSR count). The standard InChI is InChI=1S/C18H13BNO2/c1-2-7-13(8-3-1)21-19-22-17-12-6-10-15-14-9-4-5-11-16(14)20-18(15)17/h1-12,20H. The molecule has 0 spiro atoms. The molecule has 0 aliphatic heterocycles. The Balaban J connectivity index is 1.61. The van der Waals surface area contributed by atoms with E-state index < -0.39 is 0 Å². The van der Waals surface area contributed by atoms with Gasteiger partial charge in [-0.25, -0.2) is 0 Å². The molecule has 0 bridgehead atoms. The average Bonchev–Trinajstić information content (AvgIpc) is 2.96. The minimum atomic E-state index is 0.740. The summed E-state index contributed by atoms with van der Waals surface area (Å²) in [6.45, 7) is 0. The van der Waals surface area contributed by atoms with Gasteiger partial charge in [0.1, 0.15) is 11.5 Å². The molecule has 4 heteroatoms. The van der Waals surface area contributed by atoms with Gasteiger partial charge in [0, 0.05) is 16.3 Å². The van der Waals surface area contributed by atoms with Crippen LogP contribution in [-0.2, 0) is 0 Å². The van der Waals surface area contributed by atoms with Gasteiger partial charge in [0.05, 0.1) is 5.52 Å². The number of benzene rings is 3. The van der Waals surface area contributed by atoms with Crippen LogP contribution < -0.4 is 9.31 Å². The molecule has 0 unspecified atom stereocenters. The largest absolute Gasteiger partial charge is 0.658 e. The van der Waals surface area contributed by atoms with E-state index in [0.717, 1.165) is 27.9 Å². The van der Waals surface area contributed by atoms with Crippen molar-refractivity contribution in [1.29, 1.82) is 0 Å². The summed E-state index contributed by atoms with van der Waals surface area (Å²) in [5.74, 6) is 1.48. The molecular formula is C18H13BNO2. The highest BCUT2D eigenvalue weighted by atomic mass is 16.6. The lowest BCUT2D eigenvalue weighted by molar-refractivity contribution is 0.461. The Bertz CT molecular complexity index is 918. The van der Waals surface area contributed by atoms with Crippen molar-refractivity contribution < 1.29 is 9.31 Å². The van der Waals surface area contributed by atoms with Crippen molar-refractivity contribution in [2.24, 2.45) is 0 Å². The first kappa shape index (κ1) is 12.8. The molecule has 1 radical (unpaired) electrons. The number of aromatic amines is 1. The first-order valence-corrected chi connectivity index (χ1v) is 7.11. The molecule has 0 fully saturated rings. The predicted octanol–water partition coefficient (Wildman–Crippen LogP) is 4.31. The van der Waals surface area contributed by atoms with Crippen LogP contribution in [0.5, 0.6) is 11.5 Å². The van der Waals surface area contributed by atoms with E-state index in [-0.39, 0.29) is 0 Å². The van der Waals surface area contributed by atoms with Crippen LogP contribution in [0.2, 0.25) is 0 Å². The van der Waals surface area contributed by atoms with Crippen LogP contribution in [0.1, 0.15) is 0 Å². The van der Waals surface area contributed by atoms with Crippen LogP contribution in [0.15, 0.2) is 72.8 Å². The first-order chi connectivity index (χ1) is 10.9.